The topological polar surface area (TPSA) is 58.6 Å². The van der Waals surface area contributed by atoms with E-state index in [1.807, 2.05) is 18.2 Å². The van der Waals surface area contributed by atoms with Crippen LogP contribution in [0.5, 0.6) is 5.75 Å². The first-order valence-corrected chi connectivity index (χ1v) is 7.37. The lowest BCUT2D eigenvalue weighted by molar-refractivity contribution is -0.151. The average Bonchev–Trinajstić information content (AvgIpc) is 2.48. The zero-order valence-corrected chi connectivity index (χ0v) is 11.6. The van der Waals surface area contributed by atoms with Crippen LogP contribution in [0.1, 0.15) is 37.2 Å². The smallest absolute Gasteiger partial charge is 0.309 e. The van der Waals surface area contributed by atoms with Gasteiger partial charge >= 0.3 is 5.97 Å². The Labute approximate surface area is 119 Å². The van der Waals surface area contributed by atoms with Crippen molar-refractivity contribution >= 4 is 5.97 Å². The maximum absolute atomic E-state index is 11.8. The molecule has 0 aliphatic carbocycles. The molecular formula is C16H21NO3. The van der Waals surface area contributed by atoms with Gasteiger partial charge in [0.15, 0.2) is 0 Å². The molecule has 0 aromatic heterocycles. The maximum Gasteiger partial charge on any atom is 0.309 e. The Balaban J connectivity index is 1.85. The summed E-state index contributed by atoms with van der Waals surface area (Å²) in [7, 11) is 0. The van der Waals surface area contributed by atoms with E-state index in [2.05, 4.69) is 11.4 Å². The van der Waals surface area contributed by atoms with Gasteiger partial charge in [-0.15, -0.1) is 0 Å². The molecule has 2 heterocycles. The number of aliphatic carboxylic acids is 1. The lowest BCUT2D eigenvalue weighted by Crippen LogP contribution is -2.43. The van der Waals surface area contributed by atoms with E-state index in [9.17, 15) is 9.90 Å². The van der Waals surface area contributed by atoms with Crippen molar-refractivity contribution in [3.05, 3.63) is 29.8 Å². The molecule has 0 spiro atoms. The van der Waals surface area contributed by atoms with Gasteiger partial charge in [0, 0.05) is 0 Å². The summed E-state index contributed by atoms with van der Waals surface area (Å²) in [6.07, 6.45) is 3.09. The Kier molecular flexibility index (Phi) is 3.66. The van der Waals surface area contributed by atoms with Gasteiger partial charge in [0.2, 0.25) is 0 Å². The highest BCUT2D eigenvalue weighted by atomic mass is 16.5. The third-order valence-corrected chi connectivity index (χ3v) is 4.73. The van der Waals surface area contributed by atoms with Crippen LogP contribution in [0.3, 0.4) is 0 Å². The van der Waals surface area contributed by atoms with E-state index in [0.29, 0.717) is 12.5 Å². The minimum atomic E-state index is -0.636. The van der Waals surface area contributed by atoms with E-state index < -0.39 is 11.4 Å². The largest absolute Gasteiger partial charge is 0.493 e. The van der Waals surface area contributed by atoms with Crippen LogP contribution < -0.4 is 10.1 Å². The summed E-state index contributed by atoms with van der Waals surface area (Å²) in [5.74, 6) is 0.593. The summed E-state index contributed by atoms with van der Waals surface area (Å²) in [6.45, 7) is 2.30. The van der Waals surface area contributed by atoms with E-state index in [1.165, 1.54) is 5.56 Å². The van der Waals surface area contributed by atoms with Crippen molar-refractivity contribution in [3.63, 3.8) is 0 Å². The van der Waals surface area contributed by atoms with Gasteiger partial charge in [-0.2, -0.15) is 0 Å². The number of carboxylic acid groups (broad SMARTS) is 1. The van der Waals surface area contributed by atoms with Crippen LogP contribution in [-0.4, -0.2) is 30.8 Å². The molecule has 1 atom stereocenters. The number of carbonyl (C=O) groups is 1. The zero-order valence-electron chi connectivity index (χ0n) is 11.6. The van der Waals surface area contributed by atoms with Crippen LogP contribution in [0.25, 0.3) is 0 Å². The average molecular weight is 275 g/mol. The summed E-state index contributed by atoms with van der Waals surface area (Å²) >= 11 is 0. The summed E-state index contributed by atoms with van der Waals surface area (Å²) in [4.78, 5) is 11.8. The van der Waals surface area contributed by atoms with Crippen LogP contribution >= 0.6 is 0 Å². The molecule has 20 heavy (non-hydrogen) atoms. The number of hydrogen-bond acceptors (Lipinski definition) is 3. The molecule has 1 aromatic carbocycles. The normalized spacial score (nSPS) is 24.5. The van der Waals surface area contributed by atoms with Crippen molar-refractivity contribution in [2.75, 3.05) is 19.7 Å². The zero-order chi connectivity index (χ0) is 14.0. The SMILES string of the molecule is O=C(O)C1(CC2CCOc3ccccc32)CCNCC1. The Bertz CT molecular complexity index is 494. The molecule has 0 bridgehead atoms. The van der Waals surface area contributed by atoms with Gasteiger partial charge in [0.1, 0.15) is 5.75 Å². The predicted molar refractivity (Wildman–Crippen MR) is 76.1 cm³/mol. The molecule has 2 aliphatic rings. The molecule has 3 rings (SSSR count). The van der Waals surface area contributed by atoms with E-state index in [4.69, 9.17) is 4.74 Å². The first kappa shape index (κ1) is 13.4. The van der Waals surface area contributed by atoms with E-state index in [1.54, 1.807) is 0 Å². The van der Waals surface area contributed by atoms with E-state index in [-0.39, 0.29) is 0 Å². The van der Waals surface area contributed by atoms with Gasteiger partial charge in [-0.1, -0.05) is 18.2 Å². The van der Waals surface area contributed by atoms with Crippen molar-refractivity contribution in [1.82, 2.24) is 5.32 Å². The lowest BCUT2D eigenvalue weighted by atomic mass is 9.70. The lowest BCUT2D eigenvalue weighted by Gasteiger charge is -2.38. The molecule has 1 saturated heterocycles. The van der Waals surface area contributed by atoms with Crippen LogP contribution in [0.4, 0.5) is 0 Å². The molecule has 1 aromatic rings. The molecule has 0 radical (unpaired) electrons. The monoisotopic (exact) mass is 275 g/mol. The third-order valence-electron chi connectivity index (χ3n) is 4.73. The number of benzene rings is 1. The molecule has 108 valence electrons. The van der Waals surface area contributed by atoms with Gasteiger partial charge < -0.3 is 15.2 Å². The minimum Gasteiger partial charge on any atom is -0.493 e. The Morgan fingerprint density at radius 1 is 1.35 bits per heavy atom. The van der Waals surface area contributed by atoms with Gasteiger partial charge in [-0.25, -0.2) is 0 Å². The second kappa shape index (κ2) is 5.44. The highest BCUT2D eigenvalue weighted by Gasteiger charge is 2.42. The minimum absolute atomic E-state index is 0.300. The number of piperidine rings is 1. The molecule has 1 fully saturated rings. The second-order valence-electron chi connectivity index (χ2n) is 5.91. The highest BCUT2D eigenvalue weighted by molar-refractivity contribution is 5.75. The molecule has 4 heteroatoms. The fourth-order valence-electron chi connectivity index (χ4n) is 3.51. The quantitative estimate of drug-likeness (QED) is 0.889. The predicted octanol–water partition coefficient (Wildman–Crippen LogP) is 2.40. The van der Waals surface area contributed by atoms with Crippen LogP contribution in [0, 0.1) is 5.41 Å². The summed E-state index contributed by atoms with van der Waals surface area (Å²) in [6, 6.07) is 8.04. The Morgan fingerprint density at radius 2 is 2.10 bits per heavy atom. The fourth-order valence-corrected chi connectivity index (χ4v) is 3.51. The van der Waals surface area contributed by atoms with Crippen LogP contribution in [0.15, 0.2) is 24.3 Å². The Hall–Kier alpha value is -1.55. The third kappa shape index (κ3) is 2.40. The first-order chi connectivity index (χ1) is 9.71. The molecule has 0 saturated carbocycles. The number of para-hydroxylation sites is 1. The number of ether oxygens (including phenoxy) is 1. The van der Waals surface area contributed by atoms with Crippen LogP contribution in [0.2, 0.25) is 0 Å². The van der Waals surface area contributed by atoms with Gasteiger partial charge in [-0.05, 0) is 56.3 Å². The molecule has 4 nitrogen and oxygen atoms in total. The number of carboxylic acids is 1. The first-order valence-electron chi connectivity index (χ1n) is 7.37. The number of hydrogen-bond donors (Lipinski definition) is 2. The maximum atomic E-state index is 11.8. The van der Waals surface area contributed by atoms with Crippen molar-refractivity contribution in [2.24, 2.45) is 5.41 Å². The fraction of sp³-hybridized carbons (Fsp3) is 0.562. The molecule has 2 aliphatic heterocycles. The number of fused-ring (bicyclic) bond motifs is 1. The molecule has 2 N–H and O–H groups in total. The van der Waals surface area contributed by atoms with Crippen molar-refractivity contribution in [3.8, 4) is 5.75 Å². The standard InChI is InChI=1S/C16H21NO3/c18-15(19)16(6-8-17-9-7-16)11-12-5-10-20-14-4-2-1-3-13(12)14/h1-4,12,17H,5-11H2,(H,18,19). The molecule has 0 amide bonds. The Morgan fingerprint density at radius 3 is 2.85 bits per heavy atom. The number of nitrogens with one attached hydrogen (secondary N) is 1. The van der Waals surface area contributed by atoms with Crippen molar-refractivity contribution in [1.29, 1.82) is 0 Å². The van der Waals surface area contributed by atoms with Gasteiger partial charge in [0.05, 0.1) is 12.0 Å². The second-order valence-corrected chi connectivity index (χ2v) is 5.91. The summed E-state index contributed by atoms with van der Waals surface area (Å²) in [5, 5.41) is 13.0. The van der Waals surface area contributed by atoms with Crippen LogP contribution in [-0.2, 0) is 4.79 Å². The molecule has 1 unspecified atom stereocenters. The van der Waals surface area contributed by atoms with Crippen molar-refractivity contribution in [2.45, 2.75) is 31.6 Å². The number of rotatable bonds is 3. The summed E-state index contributed by atoms with van der Waals surface area (Å²) in [5.41, 5.74) is 0.610. The van der Waals surface area contributed by atoms with E-state index >= 15 is 0 Å². The summed E-state index contributed by atoms with van der Waals surface area (Å²) < 4.78 is 5.68. The van der Waals surface area contributed by atoms with Gasteiger partial charge in [0.25, 0.3) is 0 Å². The molecular weight excluding hydrogens is 254 g/mol. The van der Waals surface area contributed by atoms with E-state index in [0.717, 1.165) is 44.5 Å². The highest BCUT2D eigenvalue weighted by Crippen LogP contribution is 2.44. The van der Waals surface area contributed by atoms with Crippen molar-refractivity contribution < 1.29 is 14.6 Å². The van der Waals surface area contributed by atoms with Gasteiger partial charge in [-0.3, -0.25) is 4.79 Å².